The fourth-order valence-electron chi connectivity index (χ4n) is 3.00. The Morgan fingerprint density at radius 2 is 1.83 bits per heavy atom. The van der Waals surface area contributed by atoms with Gasteiger partial charge in [0.2, 0.25) is 0 Å². The summed E-state index contributed by atoms with van der Waals surface area (Å²) in [5.41, 5.74) is 0.835. The van der Waals surface area contributed by atoms with E-state index in [1.807, 2.05) is 19.9 Å². The van der Waals surface area contributed by atoms with E-state index in [-0.39, 0.29) is 24.2 Å². The molecule has 2 aromatic carbocycles. The monoisotopic (exact) mass is 382 g/mol. The summed E-state index contributed by atoms with van der Waals surface area (Å²) in [7, 11) is 3.16. The van der Waals surface area contributed by atoms with E-state index in [9.17, 15) is 5.11 Å². The summed E-state index contributed by atoms with van der Waals surface area (Å²) in [6, 6.07) is 5.30. The lowest BCUT2D eigenvalue weighted by Crippen LogP contribution is -2.11. The average molecular weight is 383 g/mol. The van der Waals surface area contributed by atoms with E-state index in [0.717, 1.165) is 15.4 Å². The maximum atomic E-state index is 10.5. The number of methoxy groups -OCH3 is 2. The van der Waals surface area contributed by atoms with Gasteiger partial charge in [-0.25, -0.2) is 0 Å². The van der Waals surface area contributed by atoms with E-state index in [2.05, 4.69) is 15.9 Å². The molecule has 3 rings (SSSR count). The summed E-state index contributed by atoms with van der Waals surface area (Å²) < 4.78 is 23.0. The SMILES string of the molecule is COc1cc(OC)c2c(O)cc(C3O[C@@H](C)O[C@@H]3C)c(Br)c2c1. The molecule has 0 aliphatic carbocycles. The average Bonchev–Trinajstić information content (AvgIpc) is 2.87. The quantitative estimate of drug-likeness (QED) is 0.863. The highest BCUT2D eigenvalue weighted by molar-refractivity contribution is 9.10. The van der Waals surface area contributed by atoms with Crippen LogP contribution in [0.1, 0.15) is 25.5 Å². The number of rotatable bonds is 3. The molecule has 1 aliphatic rings. The van der Waals surface area contributed by atoms with Crippen LogP contribution >= 0.6 is 15.9 Å². The van der Waals surface area contributed by atoms with Crippen molar-refractivity contribution in [1.82, 2.24) is 0 Å². The van der Waals surface area contributed by atoms with E-state index < -0.39 is 0 Å². The molecule has 23 heavy (non-hydrogen) atoms. The van der Waals surface area contributed by atoms with Crippen molar-refractivity contribution in [2.24, 2.45) is 0 Å². The number of benzene rings is 2. The van der Waals surface area contributed by atoms with Gasteiger partial charge in [-0.05, 0) is 41.9 Å². The van der Waals surface area contributed by atoms with Gasteiger partial charge in [-0.3, -0.25) is 0 Å². The van der Waals surface area contributed by atoms with Crippen molar-refractivity contribution >= 4 is 26.7 Å². The molecule has 0 spiro atoms. The Balaban J connectivity index is 2.24. The van der Waals surface area contributed by atoms with Crippen molar-refractivity contribution in [2.75, 3.05) is 14.2 Å². The molecule has 6 heteroatoms. The van der Waals surface area contributed by atoms with Crippen LogP contribution in [0.3, 0.4) is 0 Å². The van der Waals surface area contributed by atoms with Crippen LogP contribution in [-0.2, 0) is 9.47 Å². The zero-order chi connectivity index (χ0) is 16.7. The van der Waals surface area contributed by atoms with Crippen molar-refractivity contribution in [3.05, 3.63) is 28.2 Å². The molecule has 1 aliphatic heterocycles. The van der Waals surface area contributed by atoms with Gasteiger partial charge < -0.3 is 24.1 Å². The summed E-state index contributed by atoms with van der Waals surface area (Å²) in [5, 5.41) is 12.0. The second-order valence-electron chi connectivity index (χ2n) is 5.52. The summed E-state index contributed by atoms with van der Waals surface area (Å²) >= 11 is 3.64. The number of phenols is 1. The smallest absolute Gasteiger partial charge is 0.156 e. The first kappa shape index (κ1) is 16.4. The summed E-state index contributed by atoms with van der Waals surface area (Å²) in [5.74, 6) is 1.33. The van der Waals surface area contributed by atoms with Gasteiger partial charge in [-0.1, -0.05) is 0 Å². The number of halogens is 1. The molecule has 0 radical (unpaired) electrons. The lowest BCUT2D eigenvalue weighted by Gasteiger charge is -2.19. The predicted octanol–water partition coefficient (Wildman–Crippen LogP) is 4.15. The van der Waals surface area contributed by atoms with Crippen LogP contribution < -0.4 is 9.47 Å². The van der Waals surface area contributed by atoms with Gasteiger partial charge in [0.25, 0.3) is 0 Å². The van der Waals surface area contributed by atoms with E-state index >= 15 is 0 Å². The van der Waals surface area contributed by atoms with Crippen LogP contribution in [0.15, 0.2) is 22.7 Å². The molecule has 1 heterocycles. The van der Waals surface area contributed by atoms with Gasteiger partial charge in [-0.2, -0.15) is 0 Å². The standard InChI is InChI=1S/C17H19BrO5/c1-8-17(23-9(2)22-8)12-7-13(19)15-11(16(12)18)5-10(20-3)6-14(15)21-4/h5-9,17,19H,1-4H3/t8-,9+,17?/m1/s1. The molecule has 1 saturated heterocycles. The highest BCUT2D eigenvalue weighted by atomic mass is 79.9. The van der Waals surface area contributed by atoms with Crippen LogP contribution in [0.4, 0.5) is 0 Å². The van der Waals surface area contributed by atoms with Crippen molar-refractivity contribution in [1.29, 1.82) is 0 Å². The van der Waals surface area contributed by atoms with Crippen LogP contribution in [0.25, 0.3) is 10.8 Å². The van der Waals surface area contributed by atoms with Crippen molar-refractivity contribution in [3.8, 4) is 17.2 Å². The first-order valence-electron chi connectivity index (χ1n) is 7.34. The summed E-state index contributed by atoms with van der Waals surface area (Å²) in [6.07, 6.45) is -0.642. The third kappa shape index (κ3) is 2.75. The fraction of sp³-hybridized carbons (Fsp3) is 0.412. The Bertz CT molecular complexity index is 746. The molecular weight excluding hydrogens is 364 g/mol. The highest BCUT2D eigenvalue weighted by Crippen LogP contribution is 2.46. The first-order chi connectivity index (χ1) is 11.0. The largest absolute Gasteiger partial charge is 0.507 e. The normalized spacial score (nSPS) is 24.1. The molecule has 2 aromatic rings. The van der Waals surface area contributed by atoms with Crippen molar-refractivity contribution < 1.29 is 24.1 Å². The van der Waals surface area contributed by atoms with Crippen LogP contribution in [0, 0.1) is 0 Å². The second-order valence-corrected chi connectivity index (χ2v) is 6.31. The van der Waals surface area contributed by atoms with E-state index in [1.54, 1.807) is 26.4 Å². The van der Waals surface area contributed by atoms with Gasteiger partial charge in [0, 0.05) is 21.5 Å². The molecule has 0 saturated carbocycles. The van der Waals surface area contributed by atoms with Gasteiger partial charge >= 0.3 is 0 Å². The fourth-order valence-corrected chi connectivity index (χ4v) is 3.65. The molecule has 1 N–H and O–H groups in total. The number of hydrogen-bond donors (Lipinski definition) is 1. The zero-order valence-corrected chi connectivity index (χ0v) is 15.0. The summed E-state index contributed by atoms with van der Waals surface area (Å²) in [4.78, 5) is 0. The molecule has 1 unspecified atom stereocenters. The van der Waals surface area contributed by atoms with E-state index in [4.69, 9.17) is 18.9 Å². The van der Waals surface area contributed by atoms with Crippen molar-refractivity contribution in [3.63, 3.8) is 0 Å². The van der Waals surface area contributed by atoms with Crippen LogP contribution in [0.2, 0.25) is 0 Å². The topological polar surface area (TPSA) is 57.2 Å². The minimum Gasteiger partial charge on any atom is -0.507 e. The van der Waals surface area contributed by atoms with Gasteiger partial charge in [0.1, 0.15) is 23.4 Å². The molecule has 124 valence electrons. The molecule has 3 atom stereocenters. The number of hydrogen-bond acceptors (Lipinski definition) is 5. The van der Waals surface area contributed by atoms with Crippen LogP contribution in [0.5, 0.6) is 17.2 Å². The lowest BCUT2D eigenvalue weighted by molar-refractivity contribution is -0.0495. The molecule has 0 amide bonds. The van der Waals surface area contributed by atoms with Gasteiger partial charge in [0.15, 0.2) is 6.29 Å². The number of phenolic OH excluding ortho intramolecular Hbond substituents is 1. The molecule has 0 bridgehead atoms. The summed E-state index contributed by atoms with van der Waals surface area (Å²) in [6.45, 7) is 3.81. The van der Waals surface area contributed by atoms with Gasteiger partial charge in [-0.15, -0.1) is 0 Å². The Morgan fingerprint density at radius 1 is 1.09 bits per heavy atom. The lowest BCUT2D eigenvalue weighted by atomic mass is 9.99. The highest BCUT2D eigenvalue weighted by Gasteiger charge is 2.34. The van der Waals surface area contributed by atoms with Gasteiger partial charge in [0.05, 0.1) is 25.7 Å². The second kappa shape index (κ2) is 6.19. The first-order valence-corrected chi connectivity index (χ1v) is 8.13. The number of aromatic hydroxyl groups is 1. The minimum absolute atomic E-state index is 0.106. The Kier molecular flexibility index (Phi) is 4.40. The molecule has 1 fully saturated rings. The third-order valence-corrected chi connectivity index (χ3v) is 4.93. The molecule has 0 aromatic heterocycles. The Morgan fingerprint density at radius 3 is 2.39 bits per heavy atom. The van der Waals surface area contributed by atoms with Crippen LogP contribution in [-0.4, -0.2) is 31.7 Å². The Labute approximate surface area is 143 Å². The maximum absolute atomic E-state index is 10.5. The number of ether oxygens (including phenoxy) is 4. The molecular formula is C17H19BrO5. The molecule has 5 nitrogen and oxygen atoms in total. The van der Waals surface area contributed by atoms with E-state index in [1.165, 1.54) is 0 Å². The van der Waals surface area contributed by atoms with E-state index in [0.29, 0.717) is 16.9 Å². The Hall–Kier alpha value is -1.50. The predicted molar refractivity (Wildman–Crippen MR) is 90.3 cm³/mol. The maximum Gasteiger partial charge on any atom is 0.156 e. The third-order valence-electron chi connectivity index (χ3n) is 4.05. The minimum atomic E-state index is -0.278. The van der Waals surface area contributed by atoms with Crippen molar-refractivity contribution in [2.45, 2.75) is 32.3 Å². The zero-order valence-electron chi connectivity index (χ0n) is 13.4. The number of fused-ring (bicyclic) bond motifs is 1.